The van der Waals surface area contributed by atoms with Gasteiger partial charge in [-0.05, 0) is 20.8 Å². The van der Waals surface area contributed by atoms with Gasteiger partial charge in [-0.2, -0.15) is 0 Å². The number of amides is 2. The number of nitrogens with one attached hydrogen (secondary N) is 1. The van der Waals surface area contributed by atoms with Crippen LogP contribution in [0.2, 0.25) is 0 Å². The first kappa shape index (κ1) is 10.8. The molecular formula is C9H16N2O3. The van der Waals surface area contributed by atoms with Gasteiger partial charge in [0, 0.05) is 7.05 Å². The van der Waals surface area contributed by atoms with Gasteiger partial charge in [-0.15, -0.1) is 0 Å². The maximum atomic E-state index is 11.6. The molecule has 0 aromatic heterocycles. The Morgan fingerprint density at radius 3 is 2.50 bits per heavy atom. The molecule has 1 fully saturated rings. The molecule has 0 aromatic rings. The molecule has 0 aliphatic carbocycles. The lowest BCUT2D eigenvalue weighted by Crippen LogP contribution is -2.40. The fourth-order valence-corrected chi connectivity index (χ4v) is 1.20. The first-order valence-electron chi connectivity index (χ1n) is 4.55. The minimum atomic E-state index is -0.510. The predicted molar refractivity (Wildman–Crippen MR) is 50.8 cm³/mol. The van der Waals surface area contributed by atoms with Gasteiger partial charge in [0.2, 0.25) is 0 Å². The molecule has 0 bridgehead atoms. The average Bonchev–Trinajstić information content (AvgIpc) is 2.29. The zero-order valence-electron chi connectivity index (χ0n) is 8.96. The molecule has 1 rings (SSSR count). The molecule has 0 radical (unpaired) electrons. The topological polar surface area (TPSA) is 58.6 Å². The fraction of sp³-hybridized carbons (Fsp3) is 0.778. The van der Waals surface area contributed by atoms with E-state index in [9.17, 15) is 9.59 Å². The van der Waals surface area contributed by atoms with Crippen molar-refractivity contribution in [2.75, 3.05) is 13.6 Å². The molecule has 0 unspecified atom stereocenters. The van der Waals surface area contributed by atoms with Gasteiger partial charge < -0.3 is 15.0 Å². The van der Waals surface area contributed by atoms with Crippen LogP contribution in [-0.4, -0.2) is 42.1 Å². The number of ether oxygens (including phenoxy) is 1. The molecule has 1 atom stereocenters. The van der Waals surface area contributed by atoms with Crippen LogP contribution in [0, 0.1) is 0 Å². The first-order valence-corrected chi connectivity index (χ1v) is 4.55. The number of carbonyl (C=O) groups excluding carboxylic acids is 2. The van der Waals surface area contributed by atoms with Crippen LogP contribution in [0.4, 0.5) is 4.79 Å². The Balaban J connectivity index is 2.58. The van der Waals surface area contributed by atoms with Crippen LogP contribution in [0.15, 0.2) is 0 Å². The van der Waals surface area contributed by atoms with E-state index in [2.05, 4.69) is 5.32 Å². The van der Waals surface area contributed by atoms with Crippen molar-refractivity contribution >= 4 is 12.0 Å². The van der Waals surface area contributed by atoms with Crippen LogP contribution < -0.4 is 5.32 Å². The lowest BCUT2D eigenvalue weighted by molar-refractivity contribution is -0.158. The second kappa shape index (κ2) is 3.48. The normalized spacial score (nSPS) is 22.1. The highest BCUT2D eigenvalue weighted by molar-refractivity contribution is 5.87. The van der Waals surface area contributed by atoms with E-state index in [1.54, 1.807) is 27.8 Å². The van der Waals surface area contributed by atoms with Crippen LogP contribution in [0.5, 0.6) is 0 Å². The van der Waals surface area contributed by atoms with Crippen LogP contribution >= 0.6 is 0 Å². The van der Waals surface area contributed by atoms with E-state index in [4.69, 9.17) is 4.74 Å². The Kier molecular flexibility index (Phi) is 2.69. The summed E-state index contributed by atoms with van der Waals surface area (Å²) in [6, 6.07) is -0.734. The summed E-state index contributed by atoms with van der Waals surface area (Å²) >= 11 is 0. The van der Waals surface area contributed by atoms with Gasteiger partial charge in [0.1, 0.15) is 11.6 Å². The third-order valence-corrected chi connectivity index (χ3v) is 1.91. The zero-order valence-corrected chi connectivity index (χ0v) is 8.96. The Hall–Kier alpha value is -1.26. The Bertz CT molecular complexity index is 257. The molecule has 0 saturated carbocycles. The molecule has 80 valence electrons. The van der Waals surface area contributed by atoms with E-state index in [0.717, 1.165) is 0 Å². The van der Waals surface area contributed by atoms with Crippen molar-refractivity contribution in [1.82, 2.24) is 10.2 Å². The van der Waals surface area contributed by atoms with E-state index >= 15 is 0 Å². The summed E-state index contributed by atoms with van der Waals surface area (Å²) in [5, 5.41) is 2.57. The molecular weight excluding hydrogens is 184 g/mol. The van der Waals surface area contributed by atoms with Gasteiger partial charge >= 0.3 is 12.0 Å². The number of hydrogen-bond acceptors (Lipinski definition) is 3. The van der Waals surface area contributed by atoms with Gasteiger partial charge in [-0.25, -0.2) is 9.59 Å². The number of urea groups is 1. The molecule has 14 heavy (non-hydrogen) atoms. The number of hydrogen-bond donors (Lipinski definition) is 1. The van der Waals surface area contributed by atoms with Gasteiger partial charge in [0.15, 0.2) is 0 Å². The van der Waals surface area contributed by atoms with Crippen LogP contribution in [0.25, 0.3) is 0 Å². The van der Waals surface area contributed by atoms with Gasteiger partial charge in [-0.3, -0.25) is 0 Å². The maximum absolute atomic E-state index is 11.6. The second-order valence-electron chi connectivity index (χ2n) is 4.35. The van der Waals surface area contributed by atoms with Crippen LogP contribution in [0.3, 0.4) is 0 Å². The molecule has 5 nitrogen and oxygen atoms in total. The molecule has 1 heterocycles. The third-order valence-electron chi connectivity index (χ3n) is 1.91. The first-order chi connectivity index (χ1) is 6.31. The minimum absolute atomic E-state index is 0.235. The summed E-state index contributed by atoms with van der Waals surface area (Å²) in [5.41, 5.74) is -0.510. The second-order valence-corrected chi connectivity index (χ2v) is 4.35. The smallest absolute Gasteiger partial charge is 0.331 e. The van der Waals surface area contributed by atoms with Gasteiger partial charge in [-0.1, -0.05) is 0 Å². The quantitative estimate of drug-likeness (QED) is 0.621. The van der Waals surface area contributed by atoms with E-state index in [-0.39, 0.29) is 12.0 Å². The summed E-state index contributed by atoms with van der Waals surface area (Å²) in [4.78, 5) is 24.0. The molecule has 2 amide bonds. The van der Waals surface area contributed by atoms with Crippen molar-refractivity contribution in [2.45, 2.75) is 32.4 Å². The standard InChI is InChI=1S/C9H16N2O3/c1-9(2,3)14-7(12)6-5-10-8(13)11(6)4/h6H,5H2,1-4H3,(H,10,13)/t6-/m0/s1. The number of rotatable bonds is 1. The highest BCUT2D eigenvalue weighted by Crippen LogP contribution is 2.12. The SMILES string of the molecule is CN1C(=O)NC[C@H]1C(=O)OC(C)(C)C. The molecule has 1 saturated heterocycles. The van der Waals surface area contributed by atoms with Crippen LogP contribution in [-0.2, 0) is 9.53 Å². The van der Waals surface area contributed by atoms with Gasteiger partial charge in [0.25, 0.3) is 0 Å². The molecule has 1 aliphatic heterocycles. The van der Waals surface area contributed by atoms with E-state index in [1.165, 1.54) is 4.90 Å². The summed E-state index contributed by atoms with van der Waals surface area (Å²) in [6.45, 7) is 5.73. The molecule has 1 N–H and O–H groups in total. The molecule has 1 aliphatic rings. The van der Waals surface area contributed by atoms with E-state index in [1.807, 2.05) is 0 Å². The fourth-order valence-electron chi connectivity index (χ4n) is 1.20. The van der Waals surface area contributed by atoms with E-state index in [0.29, 0.717) is 6.54 Å². The van der Waals surface area contributed by atoms with Crippen LogP contribution in [0.1, 0.15) is 20.8 Å². The van der Waals surface area contributed by atoms with E-state index < -0.39 is 11.6 Å². The Morgan fingerprint density at radius 1 is 1.57 bits per heavy atom. The Labute approximate surface area is 83.4 Å². The lowest BCUT2D eigenvalue weighted by atomic mass is 10.2. The molecule has 0 spiro atoms. The van der Waals surface area contributed by atoms with Crippen molar-refractivity contribution in [3.05, 3.63) is 0 Å². The highest BCUT2D eigenvalue weighted by atomic mass is 16.6. The molecule has 5 heteroatoms. The van der Waals surface area contributed by atoms with Crippen molar-refractivity contribution in [2.24, 2.45) is 0 Å². The van der Waals surface area contributed by atoms with Crippen molar-refractivity contribution in [3.8, 4) is 0 Å². The average molecular weight is 200 g/mol. The predicted octanol–water partition coefficient (Wildman–Crippen LogP) is 0.352. The number of esters is 1. The number of carbonyl (C=O) groups is 2. The third kappa shape index (κ3) is 2.37. The summed E-state index contributed by atoms with van der Waals surface area (Å²) < 4.78 is 5.17. The number of nitrogens with zero attached hydrogens (tertiary/aromatic N) is 1. The zero-order chi connectivity index (χ0) is 10.9. The number of likely N-dealkylation sites (N-methyl/N-ethyl adjacent to an activating group) is 1. The highest BCUT2D eigenvalue weighted by Gasteiger charge is 2.35. The lowest BCUT2D eigenvalue weighted by Gasteiger charge is -2.24. The summed E-state index contributed by atoms with van der Waals surface area (Å²) in [7, 11) is 1.58. The Morgan fingerprint density at radius 2 is 2.14 bits per heavy atom. The van der Waals surface area contributed by atoms with Crippen molar-refractivity contribution in [3.63, 3.8) is 0 Å². The molecule has 0 aromatic carbocycles. The summed E-state index contributed by atoms with van der Waals surface area (Å²) in [5.74, 6) is -0.363. The van der Waals surface area contributed by atoms with Gasteiger partial charge in [0.05, 0.1) is 6.54 Å². The monoisotopic (exact) mass is 200 g/mol. The van der Waals surface area contributed by atoms with Crippen molar-refractivity contribution in [1.29, 1.82) is 0 Å². The maximum Gasteiger partial charge on any atom is 0.331 e. The largest absolute Gasteiger partial charge is 0.458 e. The minimum Gasteiger partial charge on any atom is -0.458 e. The summed E-state index contributed by atoms with van der Waals surface area (Å²) in [6.07, 6.45) is 0. The van der Waals surface area contributed by atoms with Crippen molar-refractivity contribution < 1.29 is 14.3 Å².